The van der Waals surface area contributed by atoms with Gasteiger partial charge in [0.2, 0.25) is 0 Å². The Balaban J connectivity index is 1.97. The lowest BCUT2D eigenvalue weighted by Gasteiger charge is -2.41. The number of carbonyl (C=O) groups is 3. The zero-order valence-corrected chi connectivity index (χ0v) is 20.0. The smallest absolute Gasteiger partial charge is 0.407 e. The monoisotopic (exact) mass is 474 g/mol. The third kappa shape index (κ3) is 5.85. The summed E-state index contributed by atoms with van der Waals surface area (Å²) in [5.41, 5.74) is 1.56. The molecule has 0 aliphatic carbocycles. The minimum absolute atomic E-state index is 0.0750. The number of hydrogen-bond donors (Lipinski definition) is 2. The molecule has 1 aromatic heterocycles. The third-order valence-electron chi connectivity index (χ3n) is 6.14. The maximum Gasteiger partial charge on any atom is 0.407 e. The number of benzene rings is 1. The van der Waals surface area contributed by atoms with Crippen molar-refractivity contribution in [3.63, 3.8) is 0 Å². The van der Waals surface area contributed by atoms with Crippen molar-refractivity contribution in [1.29, 1.82) is 0 Å². The van der Waals surface area contributed by atoms with Crippen LogP contribution < -0.4 is 0 Å². The van der Waals surface area contributed by atoms with Gasteiger partial charge in [-0.15, -0.1) is 0 Å². The second-order valence-electron chi connectivity index (χ2n) is 9.24. The van der Waals surface area contributed by atoms with Crippen LogP contribution in [-0.4, -0.2) is 86.9 Å². The van der Waals surface area contributed by atoms with E-state index in [2.05, 4.69) is 4.98 Å². The Morgan fingerprint density at radius 2 is 1.91 bits per heavy atom. The highest BCUT2D eigenvalue weighted by molar-refractivity contribution is 5.95. The first-order chi connectivity index (χ1) is 16.2. The second-order valence-corrected chi connectivity index (χ2v) is 9.24. The molecule has 0 unspecified atom stereocenters. The number of methoxy groups -OCH3 is 1. The van der Waals surface area contributed by atoms with Gasteiger partial charge in [-0.3, -0.25) is 9.59 Å². The van der Waals surface area contributed by atoms with Gasteiger partial charge in [-0.1, -0.05) is 26.0 Å². The second kappa shape index (κ2) is 11.3. The lowest BCUT2D eigenvalue weighted by atomic mass is 9.92. The van der Waals surface area contributed by atoms with Gasteiger partial charge in [0.15, 0.2) is 5.82 Å². The SMILES string of the molecule is COCCCCn1c(C(=O)N(CC(C)C)[C@H]2C[C@@H](C(=O)O)CN(C(=O)O)C2)nc2ccccc21. The highest BCUT2D eigenvalue weighted by atomic mass is 16.5. The zero-order valence-electron chi connectivity index (χ0n) is 20.0. The van der Waals surface area contributed by atoms with Crippen LogP contribution in [0.2, 0.25) is 0 Å². The molecule has 0 radical (unpaired) electrons. The minimum atomic E-state index is -1.18. The molecule has 2 N–H and O–H groups in total. The lowest BCUT2D eigenvalue weighted by molar-refractivity contribution is -0.144. The Morgan fingerprint density at radius 3 is 2.56 bits per heavy atom. The maximum absolute atomic E-state index is 13.9. The van der Waals surface area contributed by atoms with Crippen molar-refractivity contribution in [2.75, 3.05) is 33.4 Å². The van der Waals surface area contributed by atoms with E-state index in [1.54, 1.807) is 12.0 Å². The number of para-hydroxylation sites is 2. The highest BCUT2D eigenvalue weighted by Crippen LogP contribution is 2.26. The number of hydrogen-bond acceptors (Lipinski definition) is 5. The molecule has 0 spiro atoms. The molecule has 186 valence electrons. The number of aromatic nitrogens is 2. The van der Waals surface area contributed by atoms with Crippen molar-refractivity contribution in [2.24, 2.45) is 11.8 Å². The van der Waals surface area contributed by atoms with Crippen LogP contribution in [0.5, 0.6) is 0 Å². The van der Waals surface area contributed by atoms with Crippen molar-refractivity contribution in [1.82, 2.24) is 19.4 Å². The molecule has 2 amide bonds. The number of nitrogens with zero attached hydrogens (tertiary/aromatic N) is 4. The number of carboxylic acid groups (broad SMARTS) is 2. The Labute approximate surface area is 199 Å². The number of imidazole rings is 1. The fourth-order valence-corrected chi connectivity index (χ4v) is 4.53. The van der Waals surface area contributed by atoms with E-state index in [9.17, 15) is 24.6 Å². The Morgan fingerprint density at radius 1 is 1.18 bits per heavy atom. The number of likely N-dealkylation sites (tertiary alicyclic amines) is 1. The first-order valence-corrected chi connectivity index (χ1v) is 11.7. The molecule has 1 fully saturated rings. The van der Waals surface area contributed by atoms with E-state index in [4.69, 9.17) is 4.74 Å². The number of piperidine rings is 1. The number of carboxylic acids is 1. The molecule has 0 saturated carbocycles. The van der Waals surface area contributed by atoms with Gasteiger partial charge in [0.25, 0.3) is 5.91 Å². The molecule has 1 aromatic carbocycles. The van der Waals surface area contributed by atoms with E-state index in [0.717, 1.165) is 23.3 Å². The molecule has 34 heavy (non-hydrogen) atoms. The predicted octanol–water partition coefficient (Wildman–Crippen LogP) is 3.01. The average Bonchev–Trinajstić information content (AvgIpc) is 3.18. The molecular weight excluding hydrogens is 440 g/mol. The summed E-state index contributed by atoms with van der Waals surface area (Å²) in [7, 11) is 1.65. The Bertz CT molecular complexity index is 998. The molecule has 1 saturated heterocycles. The van der Waals surface area contributed by atoms with Crippen LogP contribution in [0.3, 0.4) is 0 Å². The van der Waals surface area contributed by atoms with Crippen LogP contribution >= 0.6 is 0 Å². The molecule has 2 heterocycles. The number of aryl methyl sites for hydroxylation is 1. The number of unbranched alkanes of at least 4 members (excludes halogenated alkanes) is 1. The van der Waals surface area contributed by atoms with Crippen LogP contribution in [0.1, 0.15) is 43.7 Å². The summed E-state index contributed by atoms with van der Waals surface area (Å²) >= 11 is 0. The third-order valence-corrected chi connectivity index (χ3v) is 6.14. The summed E-state index contributed by atoms with van der Waals surface area (Å²) in [6.45, 7) is 5.52. The summed E-state index contributed by atoms with van der Waals surface area (Å²) in [6, 6.07) is 7.00. The molecular formula is C24H34N4O6. The number of amides is 2. The number of fused-ring (bicyclic) bond motifs is 1. The fourth-order valence-electron chi connectivity index (χ4n) is 4.53. The van der Waals surface area contributed by atoms with Crippen LogP contribution in [-0.2, 0) is 16.1 Å². The van der Waals surface area contributed by atoms with Gasteiger partial charge >= 0.3 is 12.1 Å². The maximum atomic E-state index is 13.9. The summed E-state index contributed by atoms with van der Waals surface area (Å²) in [5, 5.41) is 19.2. The molecule has 3 rings (SSSR count). The largest absolute Gasteiger partial charge is 0.481 e. The predicted molar refractivity (Wildman–Crippen MR) is 126 cm³/mol. The Hall–Kier alpha value is -3.14. The van der Waals surface area contributed by atoms with Gasteiger partial charge in [-0.05, 0) is 37.3 Å². The van der Waals surface area contributed by atoms with Crippen molar-refractivity contribution in [3.05, 3.63) is 30.1 Å². The van der Waals surface area contributed by atoms with E-state index < -0.39 is 24.0 Å². The first-order valence-electron chi connectivity index (χ1n) is 11.7. The van der Waals surface area contributed by atoms with Gasteiger partial charge in [-0.2, -0.15) is 0 Å². The van der Waals surface area contributed by atoms with Gasteiger partial charge in [0.05, 0.1) is 23.0 Å². The molecule has 10 heteroatoms. The van der Waals surface area contributed by atoms with E-state index in [-0.39, 0.29) is 31.3 Å². The number of rotatable bonds is 10. The van der Waals surface area contributed by atoms with Crippen LogP contribution in [0.15, 0.2) is 24.3 Å². The summed E-state index contributed by atoms with van der Waals surface area (Å²) < 4.78 is 7.06. The first kappa shape index (κ1) is 25.5. The average molecular weight is 475 g/mol. The summed E-state index contributed by atoms with van der Waals surface area (Å²) in [6.07, 6.45) is 0.656. The van der Waals surface area contributed by atoms with Gasteiger partial charge in [0.1, 0.15) is 0 Å². The summed E-state index contributed by atoms with van der Waals surface area (Å²) in [4.78, 5) is 44.7. The van der Waals surface area contributed by atoms with Crippen LogP contribution in [0, 0.1) is 11.8 Å². The molecule has 1 aliphatic rings. The van der Waals surface area contributed by atoms with Gasteiger partial charge in [-0.25, -0.2) is 9.78 Å². The molecule has 1 aliphatic heterocycles. The van der Waals surface area contributed by atoms with Gasteiger partial charge < -0.3 is 29.3 Å². The minimum Gasteiger partial charge on any atom is -0.481 e. The summed E-state index contributed by atoms with van der Waals surface area (Å²) in [5.74, 6) is -1.84. The van der Waals surface area contributed by atoms with Crippen molar-refractivity contribution in [3.8, 4) is 0 Å². The topological polar surface area (TPSA) is 125 Å². The fraction of sp³-hybridized carbons (Fsp3) is 0.583. The van der Waals surface area contributed by atoms with E-state index >= 15 is 0 Å². The quantitative estimate of drug-likeness (QED) is 0.507. The number of aliphatic carboxylic acids is 1. The van der Waals surface area contributed by atoms with Crippen molar-refractivity contribution >= 4 is 29.0 Å². The molecule has 2 aromatic rings. The van der Waals surface area contributed by atoms with Gasteiger partial charge in [0, 0.05) is 39.9 Å². The van der Waals surface area contributed by atoms with Crippen molar-refractivity contribution in [2.45, 2.75) is 45.7 Å². The van der Waals surface area contributed by atoms with Crippen LogP contribution in [0.25, 0.3) is 11.0 Å². The Kier molecular flexibility index (Phi) is 8.49. The highest BCUT2D eigenvalue weighted by Gasteiger charge is 2.39. The van der Waals surface area contributed by atoms with Crippen molar-refractivity contribution < 1.29 is 29.3 Å². The van der Waals surface area contributed by atoms with E-state index in [0.29, 0.717) is 31.0 Å². The van der Waals surface area contributed by atoms with Crippen LogP contribution in [0.4, 0.5) is 4.79 Å². The number of ether oxygens (including phenoxy) is 1. The number of carbonyl (C=O) groups excluding carboxylic acids is 1. The molecule has 10 nitrogen and oxygen atoms in total. The normalized spacial score (nSPS) is 18.4. The standard InChI is InChI=1S/C24H34N4O6/c1-16(2)13-28(18-12-17(23(30)31)14-26(15-18)24(32)33)22(29)21-25-19-8-4-5-9-20(19)27(21)10-6-7-11-34-3/h4-5,8-9,16-18H,6-7,10-15H2,1-3H3,(H,30,31)(H,32,33)/t17-,18+/m1/s1. The zero-order chi connectivity index (χ0) is 24.8. The van der Waals surface area contributed by atoms with E-state index in [1.165, 1.54) is 0 Å². The molecule has 2 atom stereocenters. The lowest BCUT2D eigenvalue weighted by Crippen LogP contribution is -2.56. The van der Waals surface area contributed by atoms with E-state index in [1.807, 2.05) is 42.7 Å². The molecule has 0 bridgehead atoms.